The maximum atomic E-state index is 11.3. The van der Waals surface area contributed by atoms with Gasteiger partial charge in [-0.15, -0.1) is 4.91 Å². The van der Waals surface area contributed by atoms with E-state index in [0.717, 1.165) is 11.1 Å². The largest absolute Gasteiger partial charge is 0.471 e. The van der Waals surface area contributed by atoms with E-state index in [1.165, 1.54) is 0 Å². The molecule has 2 aromatic carbocycles. The van der Waals surface area contributed by atoms with Gasteiger partial charge in [-0.3, -0.25) is 0 Å². The van der Waals surface area contributed by atoms with E-state index >= 15 is 0 Å². The third-order valence-corrected chi connectivity index (χ3v) is 3.29. The van der Waals surface area contributed by atoms with Gasteiger partial charge >= 0.3 is 0 Å². The average molecular weight is 290 g/mol. The second-order valence-corrected chi connectivity index (χ2v) is 4.74. The van der Waals surface area contributed by atoms with Crippen LogP contribution in [0.1, 0.15) is 5.56 Å². The number of rotatable bonds is 5. The van der Waals surface area contributed by atoms with Crippen LogP contribution in [0.4, 0.5) is 5.69 Å². The van der Waals surface area contributed by atoms with Gasteiger partial charge in [0.1, 0.15) is 6.61 Å². The van der Waals surface area contributed by atoms with Crippen molar-refractivity contribution in [1.29, 1.82) is 0 Å². The van der Waals surface area contributed by atoms with Crippen LogP contribution in [0.5, 0.6) is 5.88 Å². The van der Waals surface area contributed by atoms with Gasteiger partial charge in [0, 0.05) is 11.8 Å². The van der Waals surface area contributed by atoms with E-state index in [0.29, 0.717) is 12.2 Å². The molecule has 0 bridgehead atoms. The molecule has 0 fully saturated rings. The maximum absolute atomic E-state index is 11.3. The van der Waals surface area contributed by atoms with Crippen molar-refractivity contribution >= 4 is 5.69 Å². The normalized spacial score (nSPS) is 10.2. The molecule has 4 heteroatoms. The molecular formula is C18H14N2O2. The van der Waals surface area contributed by atoms with Gasteiger partial charge in [0.25, 0.3) is 0 Å². The molecule has 1 heterocycles. The Kier molecular flexibility index (Phi) is 4.20. The first-order chi connectivity index (χ1) is 10.9. The molecule has 1 aromatic heterocycles. The summed E-state index contributed by atoms with van der Waals surface area (Å²) in [6.45, 7) is 0.342. The van der Waals surface area contributed by atoms with E-state index < -0.39 is 0 Å². The van der Waals surface area contributed by atoms with Crippen LogP contribution in [0.2, 0.25) is 0 Å². The second kappa shape index (κ2) is 6.63. The summed E-state index contributed by atoms with van der Waals surface area (Å²) in [6.07, 6.45) is 1.62. The van der Waals surface area contributed by atoms with Crippen LogP contribution >= 0.6 is 0 Å². The lowest BCUT2D eigenvalue weighted by molar-refractivity contribution is 0.295. The second-order valence-electron chi connectivity index (χ2n) is 4.74. The van der Waals surface area contributed by atoms with Crippen LogP contribution in [-0.2, 0) is 6.61 Å². The highest BCUT2D eigenvalue weighted by Crippen LogP contribution is 2.36. The zero-order valence-electron chi connectivity index (χ0n) is 11.8. The molecular weight excluding hydrogens is 276 g/mol. The highest BCUT2D eigenvalue weighted by Gasteiger charge is 2.13. The van der Waals surface area contributed by atoms with Gasteiger partial charge in [0.2, 0.25) is 5.88 Å². The van der Waals surface area contributed by atoms with Gasteiger partial charge in [0.05, 0.1) is 0 Å². The molecule has 3 aromatic rings. The van der Waals surface area contributed by atoms with Gasteiger partial charge in [-0.05, 0) is 22.4 Å². The van der Waals surface area contributed by atoms with E-state index in [-0.39, 0.29) is 11.6 Å². The summed E-state index contributed by atoms with van der Waals surface area (Å²) in [7, 11) is 0. The van der Waals surface area contributed by atoms with Crippen LogP contribution in [0, 0.1) is 4.91 Å². The third kappa shape index (κ3) is 3.01. The number of ether oxygens (including phenoxy) is 1. The summed E-state index contributed by atoms with van der Waals surface area (Å²) in [5, 5.41) is 3.12. The summed E-state index contributed by atoms with van der Waals surface area (Å²) in [5.41, 5.74) is 2.86. The van der Waals surface area contributed by atoms with Gasteiger partial charge in [-0.25, -0.2) is 4.98 Å². The first kappa shape index (κ1) is 13.9. The smallest absolute Gasteiger partial charge is 0.244 e. The van der Waals surface area contributed by atoms with E-state index in [1.54, 1.807) is 12.3 Å². The van der Waals surface area contributed by atoms with E-state index in [2.05, 4.69) is 10.2 Å². The van der Waals surface area contributed by atoms with Crippen LogP contribution in [0.25, 0.3) is 11.1 Å². The molecule has 0 aliphatic rings. The number of nitrogens with zero attached hydrogens (tertiary/aromatic N) is 2. The first-order valence-corrected chi connectivity index (χ1v) is 6.93. The molecule has 3 rings (SSSR count). The van der Waals surface area contributed by atoms with Crippen molar-refractivity contribution in [3.05, 3.63) is 83.4 Å². The summed E-state index contributed by atoms with van der Waals surface area (Å²) < 4.78 is 5.67. The molecule has 0 N–H and O–H groups in total. The van der Waals surface area contributed by atoms with Gasteiger partial charge in [-0.1, -0.05) is 60.7 Å². The zero-order chi connectivity index (χ0) is 15.2. The molecule has 0 radical (unpaired) electrons. The molecule has 0 aliphatic heterocycles. The van der Waals surface area contributed by atoms with Crippen LogP contribution in [0.15, 0.2) is 78.1 Å². The Morgan fingerprint density at radius 1 is 0.909 bits per heavy atom. The predicted octanol–water partition coefficient (Wildman–Crippen LogP) is 4.73. The number of aromatic nitrogens is 1. The number of hydrogen-bond acceptors (Lipinski definition) is 4. The van der Waals surface area contributed by atoms with E-state index in [4.69, 9.17) is 4.74 Å². The molecule has 0 amide bonds. The summed E-state index contributed by atoms with van der Waals surface area (Å²) in [4.78, 5) is 15.4. The predicted molar refractivity (Wildman–Crippen MR) is 85.9 cm³/mol. The molecule has 0 aliphatic carbocycles. The van der Waals surface area contributed by atoms with Crippen molar-refractivity contribution in [2.45, 2.75) is 6.61 Å². The molecule has 0 saturated carbocycles. The molecule has 0 unspecified atom stereocenters. The monoisotopic (exact) mass is 290 g/mol. The van der Waals surface area contributed by atoms with Crippen molar-refractivity contribution in [2.24, 2.45) is 5.18 Å². The van der Waals surface area contributed by atoms with Crippen molar-refractivity contribution in [3.63, 3.8) is 0 Å². The summed E-state index contributed by atoms with van der Waals surface area (Å²) >= 11 is 0. The highest BCUT2D eigenvalue weighted by atomic mass is 16.5. The third-order valence-electron chi connectivity index (χ3n) is 3.29. The van der Waals surface area contributed by atoms with Crippen molar-refractivity contribution in [3.8, 4) is 17.0 Å². The summed E-state index contributed by atoms with van der Waals surface area (Å²) in [6, 6.07) is 21.1. The van der Waals surface area contributed by atoms with Crippen molar-refractivity contribution in [1.82, 2.24) is 4.98 Å². The minimum Gasteiger partial charge on any atom is -0.471 e. The molecule has 22 heavy (non-hydrogen) atoms. The van der Waals surface area contributed by atoms with Gasteiger partial charge in [0.15, 0.2) is 5.69 Å². The van der Waals surface area contributed by atoms with Gasteiger partial charge < -0.3 is 4.74 Å². The van der Waals surface area contributed by atoms with Crippen molar-refractivity contribution in [2.75, 3.05) is 0 Å². The fourth-order valence-electron chi connectivity index (χ4n) is 2.21. The Labute approximate surface area is 128 Å². The topological polar surface area (TPSA) is 51.5 Å². The number of hydrogen-bond donors (Lipinski definition) is 0. The minimum absolute atomic E-state index is 0.227. The first-order valence-electron chi connectivity index (χ1n) is 6.93. The van der Waals surface area contributed by atoms with Gasteiger partial charge in [-0.2, -0.15) is 0 Å². The molecule has 0 saturated heterocycles. The van der Waals surface area contributed by atoms with Crippen LogP contribution in [-0.4, -0.2) is 4.98 Å². The zero-order valence-corrected chi connectivity index (χ0v) is 11.8. The number of nitroso groups, excluding NO2 is 1. The summed E-state index contributed by atoms with van der Waals surface area (Å²) in [5.74, 6) is 0.250. The SMILES string of the molecule is O=Nc1c(-c2ccccc2)ccnc1OCc1ccccc1. The van der Waals surface area contributed by atoms with E-state index in [1.807, 2.05) is 60.7 Å². The van der Waals surface area contributed by atoms with Crippen LogP contribution in [0.3, 0.4) is 0 Å². The maximum Gasteiger partial charge on any atom is 0.244 e. The fraction of sp³-hybridized carbons (Fsp3) is 0.0556. The lowest BCUT2D eigenvalue weighted by Gasteiger charge is -2.10. The lowest BCUT2D eigenvalue weighted by Crippen LogP contribution is -1.98. The van der Waals surface area contributed by atoms with Crippen molar-refractivity contribution < 1.29 is 4.74 Å². The molecule has 0 spiro atoms. The average Bonchev–Trinajstić information content (AvgIpc) is 2.61. The van der Waals surface area contributed by atoms with Crippen LogP contribution < -0.4 is 4.74 Å². The Hall–Kier alpha value is -3.01. The lowest BCUT2D eigenvalue weighted by atomic mass is 10.1. The Balaban J connectivity index is 1.90. The van der Waals surface area contributed by atoms with E-state index in [9.17, 15) is 4.91 Å². The molecule has 108 valence electrons. The Morgan fingerprint density at radius 3 is 2.27 bits per heavy atom. The molecule has 4 nitrogen and oxygen atoms in total. The molecule has 0 atom stereocenters. The standard InChI is InChI=1S/C18H14N2O2/c21-20-17-16(15-9-5-2-6-10-15)11-12-19-18(17)22-13-14-7-3-1-4-8-14/h1-12H,13H2. The number of benzene rings is 2. The Bertz CT molecular complexity index is 759. The number of pyridine rings is 1. The fourth-order valence-corrected chi connectivity index (χ4v) is 2.21. The quantitative estimate of drug-likeness (QED) is 0.638. The minimum atomic E-state index is 0.227. The highest BCUT2D eigenvalue weighted by molar-refractivity contribution is 5.78. The Morgan fingerprint density at radius 2 is 1.59 bits per heavy atom.